The molecule has 0 aliphatic carbocycles. The zero-order valence-electron chi connectivity index (χ0n) is 15.3. The van der Waals surface area contributed by atoms with E-state index in [1.165, 1.54) is 0 Å². The van der Waals surface area contributed by atoms with E-state index in [9.17, 15) is 9.59 Å². The van der Waals surface area contributed by atoms with Crippen LogP contribution >= 0.6 is 23.4 Å². The standard InChI is InChI=1S/C21H23ClN2O2S/c1-15-14-24(18-4-2-3-5-19(18)27-15)21(26)11-10-20(25)23-13-12-16-6-8-17(22)9-7-16/h2-9,15H,10-14H2,1H3,(H,23,25)/t15-/m0/s1. The molecule has 0 saturated heterocycles. The molecule has 0 saturated carbocycles. The van der Waals surface area contributed by atoms with Crippen LogP contribution in [0.25, 0.3) is 0 Å². The van der Waals surface area contributed by atoms with Crippen LogP contribution in [0.15, 0.2) is 53.4 Å². The van der Waals surface area contributed by atoms with E-state index in [2.05, 4.69) is 12.2 Å². The average Bonchev–Trinajstić information content (AvgIpc) is 2.67. The van der Waals surface area contributed by atoms with Gasteiger partial charge in [0.25, 0.3) is 0 Å². The fourth-order valence-corrected chi connectivity index (χ4v) is 4.31. The van der Waals surface area contributed by atoms with Gasteiger partial charge < -0.3 is 10.2 Å². The molecule has 0 bridgehead atoms. The molecular weight excluding hydrogens is 380 g/mol. The number of fused-ring (bicyclic) bond motifs is 1. The summed E-state index contributed by atoms with van der Waals surface area (Å²) < 4.78 is 0. The van der Waals surface area contributed by atoms with E-state index >= 15 is 0 Å². The molecule has 142 valence electrons. The Morgan fingerprint density at radius 2 is 1.89 bits per heavy atom. The predicted molar refractivity (Wildman–Crippen MR) is 112 cm³/mol. The number of thioether (sulfide) groups is 1. The molecule has 2 aromatic carbocycles. The van der Waals surface area contributed by atoms with Gasteiger partial charge in [-0.15, -0.1) is 11.8 Å². The van der Waals surface area contributed by atoms with Crippen LogP contribution in [0.4, 0.5) is 5.69 Å². The van der Waals surface area contributed by atoms with E-state index < -0.39 is 0 Å². The molecule has 3 rings (SSSR count). The van der Waals surface area contributed by atoms with Crippen molar-refractivity contribution >= 4 is 40.9 Å². The second-order valence-electron chi connectivity index (χ2n) is 6.63. The minimum atomic E-state index is -0.0926. The monoisotopic (exact) mass is 402 g/mol. The Bertz CT molecular complexity index is 810. The molecule has 1 aliphatic rings. The largest absolute Gasteiger partial charge is 0.356 e. The molecule has 0 fully saturated rings. The maximum atomic E-state index is 12.7. The number of anilines is 1. The van der Waals surface area contributed by atoms with E-state index in [1.807, 2.05) is 53.4 Å². The van der Waals surface area contributed by atoms with E-state index in [0.717, 1.165) is 22.6 Å². The Kier molecular flexibility index (Phi) is 6.80. The predicted octanol–water partition coefficient (Wildman–Crippen LogP) is 4.31. The van der Waals surface area contributed by atoms with E-state index in [4.69, 9.17) is 11.6 Å². The van der Waals surface area contributed by atoms with Gasteiger partial charge in [-0.2, -0.15) is 0 Å². The number of carbonyl (C=O) groups is 2. The van der Waals surface area contributed by atoms with Crippen molar-refractivity contribution in [2.45, 2.75) is 36.3 Å². The van der Waals surface area contributed by atoms with Crippen molar-refractivity contribution in [2.75, 3.05) is 18.0 Å². The Labute approximate surface area is 169 Å². The molecule has 27 heavy (non-hydrogen) atoms. The molecule has 1 heterocycles. The van der Waals surface area contributed by atoms with Gasteiger partial charge in [0.15, 0.2) is 0 Å². The van der Waals surface area contributed by atoms with Crippen molar-refractivity contribution in [1.29, 1.82) is 0 Å². The first-order valence-corrected chi connectivity index (χ1v) is 10.4. The summed E-state index contributed by atoms with van der Waals surface area (Å²) in [6.07, 6.45) is 1.17. The van der Waals surface area contributed by atoms with Gasteiger partial charge in [-0.25, -0.2) is 0 Å². The lowest BCUT2D eigenvalue weighted by Gasteiger charge is -2.32. The van der Waals surface area contributed by atoms with E-state index in [-0.39, 0.29) is 24.7 Å². The van der Waals surface area contributed by atoms with Gasteiger partial charge in [-0.1, -0.05) is 42.8 Å². The lowest BCUT2D eigenvalue weighted by molar-refractivity contribution is -0.125. The number of benzene rings is 2. The summed E-state index contributed by atoms with van der Waals surface area (Å²) in [4.78, 5) is 27.7. The Balaban J connectivity index is 1.46. The molecule has 0 spiro atoms. The fourth-order valence-electron chi connectivity index (χ4n) is 3.07. The smallest absolute Gasteiger partial charge is 0.227 e. The van der Waals surface area contributed by atoms with Crippen LogP contribution in [0.1, 0.15) is 25.3 Å². The lowest BCUT2D eigenvalue weighted by atomic mass is 10.1. The van der Waals surface area contributed by atoms with Crippen LogP contribution in [0, 0.1) is 0 Å². The van der Waals surface area contributed by atoms with E-state index in [0.29, 0.717) is 23.4 Å². The first-order chi connectivity index (χ1) is 13.0. The number of amides is 2. The third-order valence-electron chi connectivity index (χ3n) is 4.44. The van der Waals surface area contributed by atoms with Gasteiger partial charge in [0.2, 0.25) is 11.8 Å². The maximum Gasteiger partial charge on any atom is 0.227 e. The van der Waals surface area contributed by atoms with Crippen LogP contribution in [-0.2, 0) is 16.0 Å². The minimum absolute atomic E-state index is 0.00227. The molecule has 2 aromatic rings. The number of halogens is 1. The summed E-state index contributed by atoms with van der Waals surface area (Å²) in [5.41, 5.74) is 2.07. The first kappa shape index (κ1) is 19.8. The Morgan fingerprint density at radius 1 is 1.15 bits per heavy atom. The molecule has 0 unspecified atom stereocenters. The quantitative estimate of drug-likeness (QED) is 0.783. The molecule has 1 aliphatic heterocycles. The Hall–Kier alpha value is -1.98. The highest BCUT2D eigenvalue weighted by Crippen LogP contribution is 2.38. The molecule has 0 aromatic heterocycles. The normalized spacial score (nSPS) is 15.9. The lowest BCUT2D eigenvalue weighted by Crippen LogP contribution is -2.39. The molecule has 2 amide bonds. The van der Waals surface area contributed by atoms with Gasteiger partial charge >= 0.3 is 0 Å². The second-order valence-corrected chi connectivity index (χ2v) is 8.54. The van der Waals surface area contributed by atoms with Crippen molar-refractivity contribution in [3.63, 3.8) is 0 Å². The summed E-state index contributed by atoms with van der Waals surface area (Å²) in [5, 5.41) is 3.93. The van der Waals surface area contributed by atoms with Gasteiger partial charge in [0.05, 0.1) is 5.69 Å². The van der Waals surface area contributed by atoms with Crippen LogP contribution in [0.2, 0.25) is 5.02 Å². The summed E-state index contributed by atoms with van der Waals surface area (Å²) in [7, 11) is 0. The summed E-state index contributed by atoms with van der Waals surface area (Å²) in [6, 6.07) is 15.5. The third-order valence-corrected chi connectivity index (χ3v) is 5.84. The number of hydrogen-bond acceptors (Lipinski definition) is 3. The molecule has 4 nitrogen and oxygen atoms in total. The zero-order chi connectivity index (χ0) is 19.2. The second kappa shape index (κ2) is 9.29. The maximum absolute atomic E-state index is 12.7. The average molecular weight is 403 g/mol. The molecule has 1 atom stereocenters. The van der Waals surface area contributed by atoms with Gasteiger partial charge in [0, 0.05) is 41.1 Å². The summed E-state index contributed by atoms with van der Waals surface area (Å²) in [6.45, 7) is 3.35. The number of nitrogens with one attached hydrogen (secondary N) is 1. The molecular formula is C21H23ClN2O2S. The van der Waals surface area contributed by atoms with Crippen LogP contribution < -0.4 is 10.2 Å². The molecule has 6 heteroatoms. The molecule has 0 radical (unpaired) electrons. The van der Waals surface area contributed by atoms with Crippen molar-refractivity contribution in [3.05, 3.63) is 59.1 Å². The SMILES string of the molecule is C[C@H]1CN(C(=O)CCC(=O)NCCc2ccc(Cl)cc2)c2ccccc2S1. The number of carbonyl (C=O) groups excluding carboxylic acids is 2. The van der Waals surface area contributed by atoms with Crippen molar-refractivity contribution in [3.8, 4) is 0 Å². The Morgan fingerprint density at radius 3 is 2.67 bits per heavy atom. The highest BCUT2D eigenvalue weighted by Gasteiger charge is 2.26. The van der Waals surface area contributed by atoms with Gasteiger partial charge in [-0.3, -0.25) is 9.59 Å². The molecule has 1 N–H and O–H groups in total. The van der Waals surface area contributed by atoms with Crippen LogP contribution in [0.5, 0.6) is 0 Å². The number of para-hydroxylation sites is 1. The highest BCUT2D eigenvalue weighted by molar-refractivity contribution is 8.00. The number of rotatable bonds is 6. The summed E-state index contributed by atoms with van der Waals surface area (Å²) >= 11 is 7.65. The topological polar surface area (TPSA) is 49.4 Å². The number of hydrogen-bond donors (Lipinski definition) is 1. The third kappa shape index (κ3) is 5.50. The summed E-state index contributed by atoms with van der Waals surface area (Å²) in [5.74, 6) is -0.0903. The zero-order valence-corrected chi connectivity index (χ0v) is 16.9. The van der Waals surface area contributed by atoms with Crippen LogP contribution in [-0.4, -0.2) is 30.2 Å². The van der Waals surface area contributed by atoms with Crippen molar-refractivity contribution < 1.29 is 9.59 Å². The minimum Gasteiger partial charge on any atom is -0.356 e. The van der Waals surface area contributed by atoms with Gasteiger partial charge in [-0.05, 0) is 36.2 Å². The number of nitrogens with zero attached hydrogens (tertiary/aromatic N) is 1. The van der Waals surface area contributed by atoms with Crippen LogP contribution in [0.3, 0.4) is 0 Å². The van der Waals surface area contributed by atoms with Gasteiger partial charge in [0.1, 0.15) is 0 Å². The van der Waals surface area contributed by atoms with Crippen molar-refractivity contribution in [2.24, 2.45) is 0 Å². The van der Waals surface area contributed by atoms with Crippen molar-refractivity contribution in [1.82, 2.24) is 5.32 Å². The first-order valence-electron chi connectivity index (χ1n) is 9.10. The van der Waals surface area contributed by atoms with E-state index in [1.54, 1.807) is 11.8 Å². The fraction of sp³-hybridized carbons (Fsp3) is 0.333. The highest BCUT2D eigenvalue weighted by atomic mass is 35.5.